The predicted octanol–water partition coefficient (Wildman–Crippen LogP) is 1.91. The van der Waals surface area contributed by atoms with Crippen molar-refractivity contribution in [3.8, 4) is 11.6 Å². The molecule has 0 saturated heterocycles. The van der Waals surface area contributed by atoms with Gasteiger partial charge in [0.1, 0.15) is 5.82 Å². The normalized spacial score (nSPS) is 11.8. The summed E-state index contributed by atoms with van der Waals surface area (Å²) in [5.41, 5.74) is -0.308. The summed E-state index contributed by atoms with van der Waals surface area (Å²) in [5, 5.41) is 6.77. The van der Waals surface area contributed by atoms with E-state index in [-0.39, 0.29) is 17.6 Å². The molecule has 0 aliphatic heterocycles. The largest absolute Gasteiger partial charge is 0.481 e. The minimum atomic E-state index is -0.553. The number of benzene rings is 1. The Balaban J connectivity index is 2.50. The molecule has 1 aromatic heterocycles. The van der Waals surface area contributed by atoms with Gasteiger partial charge in [-0.15, -0.1) is 0 Å². The van der Waals surface area contributed by atoms with Crippen LogP contribution in [0, 0.1) is 5.82 Å². The van der Waals surface area contributed by atoms with E-state index in [4.69, 9.17) is 4.74 Å². The maximum atomic E-state index is 13.1. The van der Waals surface area contributed by atoms with Gasteiger partial charge in [0.2, 0.25) is 11.3 Å². The number of amides is 1. The molecule has 122 valence electrons. The van der Waals surface area contributed by atoms with E-state index in [1.54, 1.807) is 0 Å². The number of hydrogen-bond donors (Lipinski definition) is 1. The summed E-state index contributed by atoms with van der Waals surface area (Å²) in [6, 6.07) is 6.57. The van der Waals surface area contributed by atoms with E-state index >= 15 is 0 Å². The fourth-order valence-corrected chi connectivity index (χ4v) is 1.90. The Hall–Kier alpha value is -2.70. The second-order valence-corrected chi connectivity index (χ2v) is 5.07. The number of nitrogens with one attached hydrogen (secondary N) is 1. The highest BCUT2D eigenvalue weighted by Gasteiger charge is 2.18. The van der Waals surface area contributed by atoms with Gasteiger partial charge >= 0.3 is 0 Å². The van der Waals surface area contributed by atoms with E-state index in [1.807, 2.05) is 13.8 Å². The molecule has 0 unspecified atom stereocenters. The molecule has 1 amide bonds. The Morgan fingerprint density at radius 3 is 2.61 bits per heavy atom. The molecule has 0 fully saturated rings. The van der Waals surface area contributed by atoms with Gasteiger partial charge in [0.15, 0.2) is 5.69 Å². The van der Waals surface area contributed by atoms with E-state index in [0.717, 1.165) is 6.42 Å². The average molecular weight is 319 g/mol. The number of nitrogens with zero attached hydrogens (tertiary/aromatic N) is 2. The highest BCUT2D eigenvalue weighted by Crippen LogP contribution is 2.15. The van der Waals surface area contributed by atoms with Gasteiger partial charge < -0.3 is 10.1 Å². The fourth-order valence-electron chi connectivity index (χ4n) is 1.90. The maximum absolute atomic E-state index is 13.1. The molecule has 0 aliphatic rings. The van der Waals surface area contributed by atoms with Crippen LogP contribution in [0.25, 0.3) is 5.69 Å². The molecule has 0 spiro atoms. The third-order valence-electron chi connectivity index (χ3n) is 3.38. The van der Waals surface area contributed by atoms with Crippen molar-refractivity contribution in [3.05, 3.63) is 52.1 Å². The lowest BCUT2D eigenvalue weighted by molar-refractivity contribution is 0.0931. The van der Waals surface area contributed by atoms with Crippen LogP contribution >= 0.6 is 0 Å². The number of halogens is 1. The van der Waals surface area contributed by atoms with Gasteiger partial charge in [0.05, 0.1) is 18.9 Å². The quantitative estimate of drug-likeness (QED) is 0.913. The molecule has 23 heavy (non-hydrogen) atoms. The lowest BCUT2D eigenvalue weighted by Crippen LogP contribution is -2.36. The summed E-state index contributed by atoms with van der Waals surface area (Å²) < 4.78 is 19.5. The first-order valence-electron chi connectivity index (χ1n) is 7.21. The van der Waals surface area contributed by atoms with E-state index in [9.17, 15) is 14.0 Å². The van der Waals surface area contributed by atoms with Crippen molar-refractivity contribution in [2.45, 2.75) is 26.3 Å². The third kappa shape index (κ3) is 3.74. The number of rotatable bonds is 5. The summed E-state index contributed by atoms with van der Waals surface area (Å²) in [6.07, 6.45) is 0.730. The Labute approximate surface area is 132 Å². The van der Waals surface area contributed by atoms with Crippen molar-refractivity contribution in [2.24, 2.45) is 0 Å². The summed E-state index contributed by atoms with van der Waals surface area (Å²) in [4.78, 5) is 24.3. The fraction of sp³-hybridized carbons (Fsp3) is 0.312. The van der Waals surface area contributed by atoms with Gasteiger partial charge in [0.25, 0.3) is 5.91 Å². The third-order valence-corrected chi connectivity index (χ3v) is 3.38. The molecule has 1 heterocycles. The molecule has 1 atom stereocenters. The Bertz CT molecular complexity index is 756. The van der Waals surface area contributed by atoms with E-state index < -0.39 is 17.2 Å². The van der Waals surface area contributed by atoms with Crippen LogP contribution in [0.15, 0.2) is 35.1 Å². The maximum Gasteiger partial charge on any atom is 0.276 e. The summed E-state index contributed by atoms with van der Waals surface area (Å²) in [6.45, 7) is 3.75. The summed E-state index contributed by atoms with van der Waals surface area (Å²) in [5.74, 6) is -0.798. The molecule has 2 rings (SSSR count). The van der Waals surface area contributed by atoms with Crippen LogP contribution < -0.4 is 15.5 Å². The van der Waals surface area contributed by atoms with Crippen LogP contribution in [-0.2, 0) is 0 Å². The molecule has 2 aromatic rings. The van der Waals surface area contributed by atoms with Crippen LogP contribution in [0.2, 0.25) is 0 Å². The van der Waals surface area contributed by atoms with E-state index in [1.165, 1.54) is 42.1 Å². The minimum absolute atomic E-state index is 0.0786. The van der Waals surface area contributed by atoms with Crippen molar-refractivity contribution in [1.82, 2.24) is 15.1 Å². The topological polar surface area (TPSA) is 73.2 Å². The predicted molar refractivity (Wildman–Crippen MR) is 83.6 cm³/mol. The molecule has 7 heteroatoms. The number of methoxy groups -OCH3 is 1. The van der Waals surface area contributed by atoms with Crippen molar-refractivity contribution >= 4 is 5.91 Å². The van der Waals surface area contributed by atoms with Crippen molar-refractivity contribution < 1.29 is 13.9 Å². The van der Waals surface area contributed by atoms with Crippen LogP contribution in [0.3, 0.4) is 0 Å². The Morgan fingerprint density at radius 2 is 2.04 bits per heavy atom. The number of carbonyl (C=O) groups is 1. The van der Waals surface area contributed by atoms with Crippen molar-refractivity contribution in [3.63, 3.8) is 0 Å². The second kappa shape index (κ2) is 7.04. The zero-order valence-corrected chi connectivity index (χ0v) is 13.2. The van der Waals surface area contributed by atoms with Crippen LogP contribution in [-0.4, -0.2) is 28.8 Å². The van der Waals surface area contributed by atoms with Gasteiger partial charge in [-0.1, -0.05) is 6.92 Å². The molecule has 6 nitrogen and oxygen atoms in total. The summed E-state index contributed by atoms with van der Waals surface area (Å²) in [7, 11) is 1.38. The van der Waals surface area contributed by atoms with Crippen molar-refractivity contribution in [1.29, 1.82) is 0 Å². The first kappa shape index (κ1) is 16.7. The molecule has 0 aliphatic carbocycles. The zero-order chi connectivity index (χ0) is 17.0. The minimum Gasteiger partial charge on any atom is -0.481 e. The van der Waals surface area contributed by atoms with E-state index in [2.05, 4.69) is 10.4 Å². The first-order valence-corrected chi connectivity index (χ1v) is 7.21. The van der Waals surface area contributed by atoms with Gasteiger partial charge in [0, 0.05) is 6.04 Å². The standard InChI is InChI=1S/C16H18FN3O3/c1-4-10(2)18-16(22)15-13(21)9-14(23-3)20(19-15)12-7-5-11(17)6-8-12/h5-10H,4H2,1-3H3,(H,18,22)/t10-/m1/s1. The van der Waals surface area contributed by atoms with E-state index in [0.29, 0.717) is 5.69 Å². The average Bonchev–Trinajstić information content (AvgIpc) is 2.55. The first-order chi connectivity index (χ1) is 11.0. The second-order valence-electron chi connectivity index (χ2n) is 5.07. The van der Waals surface area contributed by atoms with Crippen LogP contribution in [0.4, 0.5) is 4.39 Å². The molecule has 1 aromatic carbocycles. The lowest BCUT2D eigenvalue weighted by Gasteiger charge is -2.14. The van der Waals surface area contributed by atoms with Crippen LogP contribution in [0.5, 0.6) is 5.88 Å². The monoisotopic (exact) mass is 319 g/mol. The highest BCUT2D eigenvalue weighted by atomic mass is 19.1. The molecule has 0 radical (unpaired) electrons. The smallest absolute Gasteiger partial charge is 0.276 e. The van der Waals surface area contributed by atoms with Gasteiger partial charge in [-0.3, -0.25) is 9.59 Å². The number of hydrogen-bond acceptors (Lipinski definition) is 4. The Kier molecular flexibility index (Phi) is 5.10. The Morgan fingerprint density at radius 1 is 1.39 bits per heavy atom. The van der Waals surface area contributed by atoms with Crippen molar-refractivity contribution in [2.75, 3.05) is 7.11 Å². The van der Waals surface area contributed by atoms with Crippen LogP contribution in [0.1, 0.15) is 30.8 Å². The van der Waals surface area contributed by atoms with Gasteiger partial charge in [-0.2, -0.15) is 5.10 Å². The molecule has 0 bridgehead atoms. The SMILES string of the molecule is CC[C@@H](C)NC(=O)c1nn(-c2ccc(F)cc2)c(OC)cc1=O. The van der Waals surface area contributed by atoms with Gasteiger partial charge in [-0.05, 0) is 37.6 Å². The number of aromatic nitrogens is 2. The number of carbonyl (C=O) groups excluding carboxylic acids is 1. The highest BCUT2D eigenvalue weighted by molar-refractivity contribution is 5.92. The zero-order valence-electron chi connectivity index (χ0n) is 13.2. The van der Waals surface area contributed by atoms with Gasteiger partial charge in [-0.25, -0.2) is 9.07 Å². The molecule has 0 saturated carbocycles. The molecule has 1 N–H and O–H groups in total. The molecular weight excluding hydrogens is 301 g/mol. The number of ether oxygens (including phenoxy) is 1. The summed E-state index contributed by atoms with van der Waals surface area (Å²) >= 11 is 0. The molecular formula is C16H18FN3O3. The lowest BCUT2D eigenvalue weighted by atomic mass is 10.2.